The topological polar surface area (TPSA) is 26.7 Å². The van der Waals surface area contributed by atoms with Gasteiger partial charge in [-0.05, 0) is 32.5 Å². The van der Waals surface area contributed by atoms with E-state index in [2.05, 4.69) is 9.80 Å². The van der Waals surface area contributed by atoms with Crippen LogP contribution in [-0.2, 0) is 0 Å². The van der Waals surface area contributed by atoms with Crippen molar-refractivity contribution in [2.24, 2.45) is 0 Å². The summed E-state index contributed by atoms with van der Waals surface area (Å²) in [5.74, 6) is 0. The summed E-state index contributed by atoms with van der Waals surface area (Å²) in [6, 6.07) is 0.797. The summed E-state index contributed by atoms with van der Waals surface area (Å²) in [7, 11) is 0. The average molecular weight is 170 g/mol. The first kappa shape index (κ1) is 8.48. The van der Waals surface area contributed by atoms with Crippen molar-refractivity contribution in [3.05, 3.63) is 0 Å². The lowest BCUT2D eigenvalue weighted by Gasteiger charge is -2.36. The molecule has 2 fully saturated rings. The van der Waals surface area contributed by atoms with E-state index in [0.29, 0.717) is 6.61 Å². The van der Waals surface area contributed by atoms with Crippen LogP contribution in [0.3, 0.4) is 0 Å². The lowest BCUT2D eigenvalue weighted by atomic mass is 10.1. The summed E-state index contributed by atoms with van der Waals surface area (Å²) in [4.78, 5) is 4.93. The third-order valence-corrected chi connectivity index (χ3v) is 3.07. The van der Waals surface area contributed by atoms with E-state index >= 15 is 0 Å². The van der Waals surface area contributed by atoms with Crippen LogP contribution >= 0.6 is 0 Å². The van der Waals surface area contributed by atoms with E-state index in [1.54, 1.807) is 0 Å². The summed E-state index contributed by atoms with van der Waals surface area (Å²) in [5, 5.41) is 8.77. The Bertz CT molecular complexity index is 147. The van der Waals surface area contributed by atoms with E-state index in [-0.39, 0.29) is 0 Å². The van der Waals surface area contributed by atoms with E-state index in [1.807, 2.05) is 0 Å². The van der Waals surface area contributed by atoms with Gasteiger partial charge in [-0.3, -0.25) is 9.80 Å². The minimum Gasteiger partial charge on any atom is -0.395 e. The number of hydrogen-bond donors (Lipinski definition) is 1. The van der Waals surface area contributed by atoms with Crippen molar-refractivity contribution < 1.29 is 5.11 Å². The Morgan fingerprint density at radius 1 is 1.25 bits per heavy atom. The maximum atomic E-state index is 8.77. The van der Waals surface area contributed by atoms with Gasteiger partial charge < -0.3 is 5.11 Å². The van der Waals surface area contributed by atoms with Crippen LogP contribution in [0, 0.1) is 0 Å². The van der Waals surface area contributed by atoms with Crippen LogP contribution < -0.4 is 0 Å². The monoisotopic (exact) mass is 170 g/mol. The zero-order chi connectivity index (χ0) is 8.39. The highest BCUT2D eigenvalue weighted by molar-refractivity contribution is 4.86. The molecule has 70 valence electrons. The van der Waals surface area contributed by atoms with Crippen LogP contribution in [-0.4, -0.2) is 60.3 Å². The third-order valence-electron chi connectivity index (χ3n) is 3.07. The van der Waals surface area contributed by atoms with E-state index in [4.69, 9.17) is 5.11 Å². The molecule has 2 aliphatic heterocycles. The molecule has 3 heteroatoms. The second-order valence-electron chi connectivity index (χ2n) is 3.86. The standard InChI is InChI=1S/C9H18N2O/c12-7-6-10-5-2-9(8-10)11-3-1-4-11/h9,12H,1-8H2. The van der Waals surface area contributed by atoms with Gasteiger partial charge in [0.05, 0.1) is 6.61 Å². The zero-order valence-electron chi connectivity index (χ0n) is 7.58. The summed E-state index contributed by atoms with van der Waals surface area (Å²) < 4.78 is 0. The molecular weight excluding hydrogens is 152 g/mol. The molecule has 0 aromatic carbocycles. The Morgan fingerprint density at radius 2 is 2.08 bits per heavy atom. The highest BCUT2D eigenvalue weighted by Gasteiger charge is 2.29. The lowest BCUT2D eigenvalue weighted by Crippen LogP contribution is -2.46. The molecule has 0 radical (unpaired) electrons. The molecule has 1 N–H and O–H groups in total. The lowest BCUT2D eigenvalue weighted by molar-refractivity contribution is 0.117. The molecule has 2 heterocycles. The fraction of sp³-hybridized carbons (Fsp3) is 1.00. The van der Waals surface area contributed by atoms with Gasteiger partial charge >= 0.3 is 0 Å². The first-order valence-electron chi connectivity index (χ1n) is 4.97. The number of β-amino-alcohol motifs (C(OH)–C–C–N with tert-alkyl or cyclic N) is 1. The third kappa shape index (κ3) is 1.63. The molecule has 1 atom stereocenters. The highest BCUT2D eigenvalue weighted by atomic mass is 16.3. The zero-order valence-corrected chi connectivity index (χ0v) is 7.58. The molecule has 2 aliphatic rings. The molecule has 12 heavy (non-hydrogen) atoms. The summed E-state index contributed by atoms with van der Waals surface area (Å²) in [6.07, 6.45) is 2.69. The molecule has 3 nitrogen and oxygen atoms in total. The molecule has 1 unspecified atom stereocenters. The fourth-order valence-electron chi connectivity index (χ4n) is 2.16. The second kappa shape index (κ2) is 3.73. The molecule has 0 bridgehead atoms. The Labute approximate surface area is 74.0 Å². The van der Waals surface area contributed by atoms with Gasteiger partial charge in [-0.15, -0.1) is 0 Å². The van der Waals surface area contributed by atoms with E-state index in [1.165, 1.54) is 39.0 Å². The van der Waals surface area contributed by atoms with Crippen molar-refractivity contribution in [3.63, 3.8) is 0 Å². The molecule has 0 aromatic heterocycles. The van der Waals surface area contributed by atoms with Gasteiger partial charge in [-0.25, -0.2) is 0 Å². The van der Waals surface area contributed by atoms with Gasteiger partial charge in [-0.1, -0.05) is 0 Å². The van der Waals surface area contributed by atoms with Crippen molar-refractivity contribution in [2.45, 2.75) is 18.9 Å². The number of nitrogens with zero attached hydrogens (tertiary/aromatic N) is 2. The van der Waals surface area contributed by atoms with Crippen LogP contribution in [0.25, 0.3) is 0 Å². The summed E-state index contributed by atoms with van der Waals surface area (Å²) in [6.45, 7) is 6.15. The minimum absolute atomic E-state index is 0.312. The number of rotatable bonds is 3. The average Bonchev–Trinajstić information content (AvgIpc) is 2.34. The largest absolute Gasteiger partial charge is 0.395 e. The first-order chi connectivity index (χ1) is 5.90. The van der Waals surface area contributed by atoms with Gasteiger partial charge in [-0.2, -0.15) is 0 Å². The van der Waals surface area contributed by atoms with Gasteiger partial charge in [0.2, 0.25) is 0 Å². The number of hydrogen-bond acceptors (Lipinski definition) is 3. The maximum absolute atomic E-state index is 8.77. The molecule has 0 saturated carbocycles. The molecule has 2 rings (SSSR count). The van der Waals surface area contributed by atoms with Crippen molar-refractivity contribution in [3.8, 4) is 0 Å². The summed E-state index contributed by atoms with van der Waals surface area (Å²) >= 11 is 0. The van der Waals surface area contributed by atoms with Crippen molar-refractivity contribution in [1.29, 1.82) is 0 Å². The number of likely N-dealkylation sites (tertiary alicyclic amines) is 2. The SMILES string of the molecule is OCCN1CCC(N2CCC2)C1. The van der Waals surface area contributed by atoms with Gasteiger partial charge in [0.1, 0.15) is 0 Å². The quantitative estimate of drug-likeness (QED) is 0.633. The van der Waals surface area contributed by atoms with E-state index in [9.17, 15) is 0 Å². The molecule has 2 saturated heterocycles. The van der Waals surface area contributed by atoms with Crippen LogP contribution in [0.15, 0.2) is 0 Å². The van der Waals surface area contributed by atoms with Crippen LogP contribution in [0.2, 0.25) is 0 Å². The van der Waals surface area contributed by atoms with Gasteiger partial charge in [0, 0.05) is 19.1 Å². The normalized spacial score (nSPS) is 32.2. The van der Waals surface area contributed by atoms with E-state index in [0.717, 1.165) is 12.6 Å². The van der Waals surface area contributed by atoms with E-state index < -0.39 is 0 Å². The Morgan fingerprint density at radius 3 is 2.67 bits per heavy atom. The highest BCUT2D eigenvalue weighted by Crippen LogP contribution is 2.19. The van der Waals surface area contributed by atoms with Crippen molar-refractivity contribution in [2.75, 3.05) is 39.3 Å². The maximum Gasteiger partial charge on any atom is 0.0558 e. The van der Waals surface area contributed by atoms with Crippen LogP contribution in [0.5, 0.6) is 0 Å². The van der Waals surface area contributed by atoms with Crippen molar-refractivity contribution in [1.82, 2.24) is 9.80 Å². The Balaban J connectivity index is 1.73. The molecule has 0 amide bonds. The van der Waals surface area contributed by atoms with Crippen LogP contribution in [0.1, 0.15) is 12.8 Å². The Kier molecular flexibility index (Phi) is 2.63. The first-order valence-corrected chi connectivity index (χ1v) is 4.97. The molecule has 0 spiro atoms. The smallest absolute Gasteiger partial charge is 0.0558 e. The Hall–Kier alpha value is -0.120. The predicted molar refractivity (Wildman–Crippen MR) is 48.1 cm³/mol. The minimum atomic E-state index is 0.312. The molecule has 0 aliphatic carbocycles. The van der Waals surface area contributed by atoms with Gasteiger partial charge in [0.15, 0.2) is 0 Å². The van der Waals surface area contributed by atoms with Crippen molar-refractivity contribution >= 4 is 0 Å². The fourth-order valence-corrected chi connectivity index (χ4v) is 2.16. The molecular formula is C9H18N2O. The van der Waals surface area contributed by atoms with Crippen LogP contribution in [0.4, 0.5) is 0 Å². The number of aliphatic hydroxyl groups is 1. The second-order valence-corrected chi connectivity index (χ2v) is 3.86. The number of aliphatic hydroxyl groups excluding tert-OH is 1. The van der Waals surface area contributed by atoms with Gasteiger partial charge in [0.25, 0.3) is 0 Å². The summed E-state index contributed by atoms with van der Waals surface area (Å²) in [5.41, 5.74) is 0. The molecule has 0 aromatic rings. The predicted octanol–water partition coefficient (Wildman–Crippen LogP) is -0.241.